The van der Waals surface area contributed by atoms with E-state index in [2.05, 4.69) is 34.6 Å². The standard InChI is InChI=1S/C25H23N3O3Se/c1-25(2)16(13-28-14-17(26-27-28)15-32-18-8-4-3-5-9-18)12-21-23(30)22(29)19-10-6-7-11-20(19)24(21)31-25/h3-11,14,16H,12-13,15H2,1-2H3. The molecule has 32 heavy (non-hydrogen) atoms. The second-order valence-corrected chi connectivity index (χ2v) is 10.9. The molecule has 0 spiro atoms. The van der Waals surface area contributed by atoms with Gasteiger partial charge in [0.25, 0.3) is 0 Å². The molecule has 0 saturated heterocycles. The van der Waals surface area contributed by atoms with Crippen molar-refractivity contribution in [1.29, 1.82) is 0 Å². The molecule has 2 aromatic carbocycles. The number of carbonyl (C=O) groups excluding carboxylic acids is 2. The molecule has 2 aliphatic rings. The molecule has 1 unspecified atom stereocenters. The van der Waals surface area contributed by atoms with Crippen LogP contribution in [0, 0.1) is 5.92 Å². The third-order valence-corrected chi connectivity index (χ3v) is 8.29. The van der Waals surface area contributed by atoms with Gasteiger partial charge in [0, 0.05) is 0 Å². The maximum absolute atomic E-state index is 12.8. The third kappa shape index (κ3) is 3.83. The molecule has 1 aromatic heterocycles. The van der Waals surface area contributed by atoms with Gasteiger partial charge in [-0.15, -0.1) is 0 Å². The molecule has 0 saturated carbocycles. The van der Waals surface area contributed by atoms with Crippen LogP contribution >= 0.6 is 0 Å². The van der Waals surface area contributed by atoms with Crippen LogP contribution in [0.25, 0.3) is 5.76 Å². The summed E-state index contributed by atoms with van der Waals surface area (Å²) in [5.41, 5.74) is 2.05. The van der Waals surface area contributed by atoms with Crippen LogP contribution in [0.1, 0.15) is 41.9 Å². The number of carbonyl (C=O) groups is 2. The fraction of sp³-hybridized carbons (Fsp3) is 0.280. The van der Waals surface area contributed by atoms with Gasteiger partial charge < -0.3 is 0 Å². The van der Waals surface area contributed by atoms with Crippen molar-refractivity contribution < 1.29 is 14.3 Å². The summed E-state index contributed by atoms with van der Waals surface area (Å²) >= 11 is 0.303. The van der Waals surface area contributed by atoms with Gasteiger partial charge in [-0.25, -0.2) is 0 Å². The Kier molecular flexibility index (Phi) is 5.31. The number of rotatable bonds is 5. The van der Waals surface area contributed by atoms with E-state index >= 15 is 0 Å². The second-order valence-electron chi connectivity index (χ2n) is 8.65. The maximum atomic E-state index is 12.8. The molecule has 6 nitrogen and oxygen atoms in total. The van der Waals surface area contributed by atoms with Crippen LogP contribution < -0.4 is 4.46 Å². The molecular weight excluding hydrogens is 469 g/mol. The molecule has 0 amide bonds. The number of benzene rings is 2. The number of ketones is 2. The molecule has 0 radical (unpaired) electrons. The first-order valence-electron chi connectivity index (χ1n) is 10.6. The zero-order valence-corrected chi connectivity index (χ0v) is 19.7. The van der Waals surface area contributed by atoms with E-state index in [9.17, 15) is 9.59 Å². The average molecular weight is 492 g/mol. The molecule has 0 bridgehead atoms. The molecule has 7 heteroatoms. The van der Waals surface area contributed by atoms with Crippen LogP contribution in [0.2, 0.25) is 0 Å². The first-order valence-corrected chi connectivity index (χ1v) is 12.7. The van der Waals surface area contributed by atoms with Gasteiger partial charge in [0.1, 0.15) is 0 Å². The van der Waals surface area contributed by atoms with Gasteiger partial charge in [-0.05, 0) is 0 Å². The second kappa shape index (κ2) is 8.15. The van der Waals surface area contributed by atoms with Crippen LogP contribution in [0.4, 0.5) is 0 Å². The molecule has 162 valence electrons. The predicted molar refractivity (Wildman–Crippen MR) is 122 cm³/mol. The van der Waals surface area contributed by atoms with E-state index in [0.29, 0.717) is 50.4 Å². The van der Waals surface area contributed by atoms with Crippen LogP contribution in [-0.4, -0.2) is 47.1 Å². The summed E-state index contributed by atoms with van der Waals surface area (Å²) in [6.07, 6.45) is 2.46. The number of Topliss-reactive ketones (excluding diaryl/α,β-unsaturated/α-hetero) is 2. The van der Waals surface area contributed by atoms with E-state index in [1.54, 1.807) is 12.1 Å². The van der Waals surface area contributed by atoms with Crippen molar-refractivity contribution in [2.75, 3.05) is 0 Å². The summed E-state index contributed by atoms with van der Waals surface area (Å²) in [6.45, 7) is 4.63. The predicted octanol–water partition coefficient (Wildman–Crippen LogP) is 2.80. The molecule has 3 aromatic rings. The Balaban J connectivity index is 1.35. The van der Waals surface area contributed by atoms with E-state index in [4.69, 9.17) is 4.74 Å². The summed E-state index contributed by atoms with van der Waals surface area (Å²) in [5, 5.41) is 9.53. The van der Waals surface area contributed by atoms with Crippen molar-refractivity contribution in [1.82, 2.24) is 15.0 Å². The van der Waals surface area contributed by atoms with Gasteiger partial charge in [0.15, 0.2) is 0 Å². The quantitative estimate of drug-likeness (QED) is 0.405. The van der Waals surface area contributed by atoms with Crippen LogP contribution in [0.5, 0.6) is 0 Å². The topological polar surface area (TPSA) is 74.1 Å². The third-order valence-electron chi connectivity index (χ3n) is 6.09. The first-order chi connectivity index (χ1) is 15.4. The Morgan fingerprint density at radius 3 is 2.53 bits per heavy atom. The summed E-state index contributed by atoms with van der Waals surface area (Å²) in [5.74, 6) is -0.370. The van der Waals surface area contributed by atoms with E-state index in [1.807, 2.05) is 42.9 Å². The molecule has 2 heterocycles. The summed E-state index contributed by atoms with van der Waals surface area (Å²) in [6, 6.07) is 17.6. The molecule has 1 aliphatic carbocycles. The van der Waals surface area contributed by atoms with E-state index < -0.39 is 17.2 Å². The molecular formula is C25H23N3O3Se. The summed E-state index contributed by atoms with van der Waals surface area (Å²) in [7, 11) is 0. The number of allylic oxidation sites excluding steroid dienone is 1. The molecule has 0 fully saturated rings. The van der Waals surface area contributed by atoms with Gasteiger partial charge >= 0.3 is 187 Å². The van der Waals surface area contributed by atoms with Gasteiger partial charge in [-0.2, -0.15) is 0 Å². The zero-order valence-electron chi connectivity index (χ0n) is 17.9. The van der Waals surface area contributed by atoms with Crippen LogP contribution in [0.3, 0.4) is 0 Å². The zero-order chi connectivity index (χ0) is 22.3. The van der Waals surface area contributed by atoms with E-state index in [-0.39, 0.29) is 5.92 Å². The van der Waals surface area contributed by atoms with Crippen molar-refractivity contribution in [3.63, 3.8) is 0 Å². The van der Waals surface area contributed by atoms with Gasteiger partial charge in [-0.3, -0.25) is 0 Å². The Hall–Kier alpha value is -3.02. The Morgan fingerprint density at radius 2 is 1.75 bits per heavy atom. The van der Waals surface area contributed by atoms with Crippen LogP contribution in [0.15, 0.2) is 66.4 Å². The van der Waals surface area contributed by atoms with Crippen molar-refractivity contribution >= 4 is 36.7 Å². The minimum atomic E-state index is -0.521. The number of ether oxygens (including phenoxy) is 1. The van der Waals surface area contributed by atoms with Crippen LogP contribution in [-0.2, 0) is 21.4 Å². The van der Waals surface area contributed by atoms with Gasteiger partial charge in [0.2, 0.25) is 0 Å². The number of hydrogen-bond acceptors (Lipinski definition) is 5. The molecule has 1 aliphatic heterocycles. The van der Waals surface area contributed by atoms with E-state index in [0.717, 1.165) is 11.0 Å². The first kappa shape index (κ1) is 20.9. The Morgan fingerprint density at radius 1 is 1.03 bits per heavy atom. The fourth-order valence-corrected chi connectivity index (χ4v) is 5.89. The number of nitrogens with zero attached hydrogens (tertiary/aromatic N) is 3. The van der Waals surface area contributed by atoms with Crippen molar-refractivity contribution in [3.8, 4) is 0 Å². The average Bonchev–Trinajstić information content (AvgIpc) is 3.25. The normalized spacial score (nSPS) is 19.4. The molecule has 1 atom stereocenters. The van der Waals surface area contributed by atoms with Crippen molar-refractivity contribution in [2.24, 2.45) is 5.92 Å². The van der Waals surface area contributed by atoms with Crippen molar-refractivity contribution in [2.45, 2.75) is 37.7 Å². The monoisotopic (exact) mass is 493 g/mol. The fourth-order valence-electron chi connectivity index (χ4n) is 4.22. The van der Waals surface area contributed by atoms with E-state index in [1.165, 1.54) is 4.46 Å². The Bertz CT molecular complexity index is 1230. The Labute approximate surface area is 192 Å². The van der Waals surface area contributed by atoms with Gasteiger partial charge in [0.05, 0.1) is 0 Å². The molecule has 0 N–H and O–H groups in total. The SMILES string of the molecule is CC1(C)OC2=C(CC1Cn1cc(C[Se]c3ccccc3)nn1)C(=O)C(=O)c1ccccc12. The number of fused-ring (bicyclic) bond motifs is 2. The summed E-state index contributed by atoms with van der Waals surface area (Å²) < 4.78 is 9.53. The minimum absolute atomic E-state index is 0.0163. The molecule has 5 rings (SSSR count). The number of aromatic nitrogens is 3. The number of hydrogen-bond donors (Lipinski definition) is 0. The van der Waals surface area contributed by atoms with Crippen molar-refractivity contribution in [3.05, 3.63) is 83.2 Å². The van der Waals surface area contributed by atoms with Gasteiger partial charge in [-0.1, -0.05) is 6.07 Å². The summed E-state index contributed by atoms with van der Waals surface area (Å²) in [4.78, 5) is 25.5.